The van der Waals surface area contributed by atoms with Crippen molar-refractivity contribution < 1.29 is 14.7 Å². The Morgan fingerprint density at radius 3 is 1.04 bits per heavy atom. The summed E-state index contributed by atoms with van der Waals surface area (Å²) in [6.07, 6.45) is 3.90. The Hall–Kier alpha value is -0.814. The van der Waals surface area contributed by atoms with Crippen LogP contribution in [0, 0.1) is 10.8 Å². The third-order valence-corrected chi connectivity index (χ3v) is 3.07. The van der Waals surface area contributed by atoms with Crippen molar-refractivity contribution in [2.24, 2.45) is 30.8 Å². The maximum atomic E-state index is 4.78. The second kappa shape index (κ2) is 8.72. The molecule has 25 heavy (non-hydrogen) atoms. The molecule has 0 amide bonds. The average Bonchev–Trinajstić information content (AvgIpc) is 2.27. The van der Waals surface area contributed by atoms with E-state index in [9.17, 15) is 0 Å². The molecule has 147 valence electrons. The van der Waals surface area contributed by atoms with Crippen LogP contribution in [0.5, 0.6) is 0 Å². The van der Waals surface area contributed by atoms with E-state index in [2.05, 4.69) is 93.1 Å². The Balaban J connectivity index is 5.83. The molecule has 0 rings (SSSR count). The molecule has 5 heteroatoms. The van der Waals surface area contributed by atoms with E-state index in [1.54, 1.807) is 0 Å². The molecule has 0 aliphatic heterocycles. The first-order valence-corrected chi connectivity index (χ1v) is 9.81. The van der Waals surface area contributed by atoms with Crippen molar-refractivity contribution in [3.05, 3.63) is 0 Å². The zero-order valence-electron chi connectivity index (χ0n) is 18.3. The van der Waals surface area contributed by atoms with Crippen LogP contribution in [0.2, 0.25) is 0 Å². The molecule has 0 saturated carbocycles. The summed E-state index contributed by atoms with van der Waals surface area (Å²) in [5.74, 6) is 0. The maximum absolute atomic E-state index is 4.78. The van der Waals surface area contributed by atoms with Gasteiger partial charge in [0.15, 0.2) is 0 Å². The first kappa shape index (κ1) is 24.2. The summed E-state index contributed by atoms with van der Waals surface area (Å²) in [4.78, 5) is 18.9. The van der Waals surface area contributed by atoms with Crippen LogP contribution in [-0.4, -0.2) is 33.0 Å². The first-order valence-electron chi connectivity index (χ1n) is 8.77. The quantitative estimate of drug-likeness (QED) is 0.432. The molecule has 0 fully saturated rings. The van der Waals surface area contributed by atoms with Gasteiger partial charge in [0.25, 0.3) is 0 Å². The minimum absolute atomic E-state index is 0.00360. The van der Waals surface area contributed by atoms with Gasteiger partial charge in [-0.05, 0) is 0 Å². The van der Waals surface area contributed by atoms with Crippen LogP contribution < -0.4 is 0 Å². The zero-order chi connectivity index (χ0) is 20.1. The van der Waals surface area contributed by atoms with Crippen molar-refractivity contribution in [1.29, 1.82) is 0 Å². The van der Waals surface area contributed by atoms with Crippen molar-refractivity contribution in [3.63, 3.8) is 0 Å². The molecule has 0 spiro atoms. The average molecular weight is 393 g/mol. The van der Waals surface area contributed by atoms with E-state index in [0.29, 0.717) is 0 Å². The Labute approximate surface area is 161 Å². The molecule has 0 aromatic heterocycles. The number of hydrogen-bond donors (Lipinski definition) is 0. The number of rotatable bonds is 2. The van der Waals surface area contributed by atoms with Crippen LogP contribution in [0.1, 0.15) is 83.1 Å². The summed E-state index contributed by atoms with van der Waals surface area (Å²) < 4.78 is 1.49. The Kier molecular flexibility index (Phi) is 8.43. The van der Waals surface area contributed by atoms with Crippen molar-refractivity contribution >= 4 is 22.0 Å². The topological polar surface area (TPSA) is 49.4 Å². The van der Waals surface area contributed by atoms with Crippen LogP contribution in [0.15, 0.2) is 20.0 Å². The third-order valence-electron chi connectivity index (χ3n) is 2.10. The standard InChI is InChI=1S/2C10H19N2.Co/c2*1-9(2,3)7-11-8-12-10(4,5)6;/h2*7H,1-6H3;. The van der Waals surface area contributed by atoms with Crippen LogP contribution in [0.25, 0.3) is 0 Å². The first-order chi connectivity index (χ1) is 10.9. The van der Waals surface area contributed by atoms with Gasteiger partial charge in [0, 0.05) is 0 Å². The fourth-order valence-electron chi connectivity index (χ4n) is 1.22. The SMILES string of the molecule is CC(C)(C)C=N[C](=NC(C)(C)C)[Co][C](N=CC(C)(C)C)=NC(C)(C)C. The van der Waals surface area contributed by atoms with Gasteiger partial charge in [-0.25, -0.2) is 0 Å². The monoisotopic (exact) mass is 393 g/mol. The van der Waals surface area contributed by atoms with Crippen molar-refractivity contribution in [1.82, 2.24) is 0 Å². The fraction of sp³-hybridized carbons (Fsp3) is 0.800. The normalized spacial score (nSPS) is 16.5. The van der Waals surface area contributed by atoms with Gasteiger partial charge in [0.2, 0.25) is 0 Å². The van der Waals surface area contributed by atoms with Crippen molar-refractivity contribution in [2.75, 3.05) is 0 Å². The van der Waals surface area contributed by atoms with Crippen LogP contribution in [-0.2, 0) is 14.7 Å². The second-order valence-corrected chi connectivity index (χ2v) is 11.6. The molecule has 0 aromatic rings. The van der Waals surface area contributed by atoms with Gasteiger partial charge in [0.1, 0.15) is 0 Å². The third kappa shape index (κ3) is 16.4. The zero-order valence-corrected chi connectivity index (χ0v) is 19.3. The van der Waals surface area contributed by atoms with E-state index in [1.807, 2.05) is 12.4 Å². The Morgan fingerprint density at radius 2 is 0.840 bits per heavy atom. The van der Waals surface area contributed by atoms with Crippen molar-refractivity contribution in [3.8, 4) is 0 Å². The molecule has 4 nitrogen and oxygen atoms in total. The Morgan fingerprint density at radius 1 is 0.560 bits per heavy atom. The van der Waals surface area contributed by atoms with Crippen LogP contribution in [0.3, 0.4) is 0 Å². The molecule has 0 aliphatic carbocycles. The fourth-order valence-corrected chi connectivity index (χ4v) is 2.51. The van der Waals surface area contributed by atoms with E-state index in [0.717, 1.165) is 24.2 Å². The molecule has 0 aromatic carbocycles. The number of amidine groups is 2. The van der Waals surface area contributed by atoms with E-state index in [-0.39, 0.29) is 21.9 Å². The summed E-state index contributed by atoms with van der Waals surface area (Å²) in [5, 5.41) is 0. The second-order valence-electron chi connectivity index (χ2n) is 10.4. The van der Waals surface area contributed by atoms with E-state index in [4.69, 9.17) is 9.98 Å². The van der Waals surface area contributed by atoms with Gasteiger partial charge in [0.05, 0.1) is 0 Å². The molecule has 0 atom stereocenters. The van der Waals surface area contributed by atoms with Gasteiger partial charge in [-0.1, -0.05) is 0 Å². The summed E-state index contributed by atoms with van der Waals surface area (Å²) in [5.41, 5.74) is -0.387. The summed E-state index contributed by atoms with van der Waals surface area (Å²) in [6.45, 7) is 25.2. The number of nitrogens with zero attached hydrogens (tertiary/aromatic N) is 4. The van der Waals surface area contributed by atoms with E-state index >= 15 is 0 Å². The molecule has 0 bridgehead atoms. The summed E-state index contributed by atoms with van der Waals surface area (Å²) in [7, 11) is 0. The van der Waals surface area contributed by atoms with Gasteiger partial charge < -0.3 is 0 Å². The molecular weight excluding hydrogens is 355 g/mol. The predicted molar refractivity (Wildman–Crippen MR) is 110 cm³/mol. The van der Waals surface area contributed by atoms with E-state index in [1.165, 1.54) is 0 Å². The Bertz CT molecular complexity index is 492. The summed E-state index contributed by atoms with van der Waals surface area (Å²) in [6, 6.07) is 0. The van der Waals surface area contributed by atoms with Gasteiger partial charge >= 0.3 is 162 Å². The van der Waals surface area contributed by atoms with Gasteiger partial charge in [-0.3, -0.25) is 0 Å². The molecular formula is C20H38CoN4. The number of hydrogen-bond acceptors (Lipinski definition) is 2. The van der Waals surface area contributed by atoms with Gasteiger partial charge in [-0.15, -0.1) is 0 Å². The molecule has 0 saturated heterocycles. The van der Waals surface area contributed by atoms with Crippen molar-refractivity contribution in [2.45, 2.75) is 94.2 Å². The molecule has 0 aliphatic rings. The van der Waals surface area contributed by atoms with Gasteiger partial charge in [-0.2, -0.15) is 0 Å². The summed E-state index contributed by atoms with van der Waals surface area (Å²) >= 11 is 0.871. The van der Waals surface area contributed by atoms with Crippen LogP contribution >= 0.6 is 0 Å². The molecule has 0 unspecified atom stereocenters. The predicted octanol–water partition coefficient (Wildman–Crippen LogP) is 5.61. The molecule has 0 radical (unpaired) electrons. The molecule has 0 heterocycles. The molecule has 0 N–H and O–H groups in total. The van der Waals surface area contributed by atoms with Crippen LogP contribution in [0.4, 0.5) is 0 Å². The van der Waals surface area contributed by atoms with E-state index < -0.39 is 0 Å². The minimum atomic E-state index is -0.197. The number of aliphatic imine (C=N–C) groups is 4.